The Hall–Kier alpha value is -1.81. The van der Waals surface area contributed by atoms with Crippen molar-refractivity contribution in [1.29, 1.82) is 0 Å². The van der Waals surface area contributed by atoms with E-state index >= 15 is 0 Å². The molecule has 1 N–H and O–H groups in total. The third kappa shape index (κ3) is 4.10. The molecular formula is C16H16BrNO2. The third-order valence-corrected chi connectivity index (χ3v) is 3.79. The molecule has 1 unspecified atom stereocenters. The van der Waals surface area contributed by atoms with Gasteiger partial charge in [-0.3, -0.25) is 4.79 Å². The van der Waals surface area contributed by atoms with Crippen LogP contribution in [0.5, 0.6) is 11.5 Å². The van der Waals surface area contributed by atoms with Crippen molar-refractivity contribution in [2.24, 2.45) is 0 Å². The van der Waals surface area contributed by atoms with Gasteiger partial charge in [0, 0.05) is 11.8 Å². The summed E-state index contributed by atoms with van der Waals surface area (Å²) < 4.78 is 5.72. The molecule has 0 heterocycles. The van der Waals surface area contributed by atoms with Gasteiger partial charge in [-0.15, -0.1) is 0 Å². The molecule has 104 valence electrons. The van der Waals surface area contributed by atoms with Crippen molar-refractivity contribution >= 4 is 27.5 Å². The van der Waals surface area contributed by atoms with E-state index in [2.05, 4.69) is 21.2 Å². The summed E-state index contributed by atoms with van der Waals surface area (Å²) in [4.78, 5) is 11.6. The van der Waals surface area contributed by atoms with Gasteiger partial charge < -0.3 is 10.1 Å². The number of hydrogen-bond acceptors (Lipinski definition) is 2. The van der Waals surface area contributed by atoms with Crippen LogP contribution in [0, 0.1) is 0 Å². The van der Waals surface area contributed by atoms with E-state index in [4.69, 9.17) is 4.74 Å². The van der Waals surface area contributed by atoms with Crippen molar-refractivity contribution in [2.75, 3.05) is 5.32 Å². The maximum Gasteiger partial charge on any atom is 0.238 e. The SMILES string of the molecule is CCC(Br)C(=O)Nc1cccc(Oc2ccccc2)c1. The van der Waals surface area contributed by atoms with E-state index in [-0.39, 0.29) is 10.7 Å². The minimum absolute atomic E-state index is 0.0515. The number of amides is 1. The molecule has 0 aromatic heterocycles. The molecule has 1 atom stereocenters. The number of nitrogens with one attached hydrogen (secondary N) is 1. The molecule has 0 saturated carbocycles. The number of halogens is 1. The lowest BCUT2D eigenvalue weighted by atomic mass is 10.2. The summed E-state index contributed by atoms with van der Waals surface area (Å²) in [5.41, 5.74) is 0.723. The van der Waals surface area contributed by atoms with Gasteiger partial charge in [0.05, 0.1) is 4.83 Å². The lowest BCUT2D eigenvalue weighted by Crippen LogP contribution is -2.21. The lowest BCUT2D eigenvalue weighted by molar-refractivity contribution is -0.115. The number of anilines is 1. The summed E-state index contributed by atoms with van der Waals surface area (Å²) in [5, 5.41) is 2.85. The Bertz CT molecular complexity index is 572. The predicted molar refractivity (Wildman–Crippen MR) is 84.6 cm³/mol. The first-order chi connectivity index (χ1) is 9.69. The normalized spacial score (nSPS) is 11.7. The van der Waals surface area contributed by atoms with Crippen LogP contribution >= 0.6 is 15.9 Å². The second-order valence-electron chi connectivity index (χ2n) is 4.31. The van der Waals surface area contributed by atoms with Crippen LogP contribution in [0.4, 0.5) is 5.69 Å². The lowest BCUT2D eigenvalue weighted by Gasteiger charge is -2.10. The van der Waals surface area contributed by atoms with Crippen LogP contribution in [0.25, 0.3) is 0 Å². The number of benzene rings is 2. The number of carbonyl (C=O) groups is 1. The molecule has 3 nitrogen and oxygen atoms in total. The Kier molecular flexibility index (Phi) is 5.18. The Morgan fingerprint density at radius 2 is 1.85 bits per heavy atom. The molecule has 2 aromatic rings. The molecule has 0 aliphatic rings. The number of carbonyl (C=O) groups excluding carboxylic acids is 1. The molecule has 0 fully saturated rings. The summed E-state index contributed by atoms with van der Waals surface area (Å²) in [7, 11) is 0. The molecule has 2 rings (SSSR count). The fraction of sp³-hybridized carbons (Fsp3) is 0.188. The van der Waals surface area contributed by atoms with E-state index < -0.39 is 0 Å². The average molecular weight is 334 g/mol. The average Bonchev–Trinajstić information content (AvgIpc) is 2.47. The van der Waals surface area contributed by atoms with Gasteiger partial charge in [-0.1, -0.05) is 47.1 Å². The maximum absolute atomic E-state index is 11.8. The summed E-state index contributed by atoms with van der Waals surface area (Å²) in [5.74, 6) is 1.41. The molecular weight excluding hydrogens is 318 g/mol. The zero-order valence-electron chi connectivity index (χ0n) is 11.2. The van der Waals surface area contributed by atoms with Crippen LogP contribution in [-0.2, 0) is 4.79 Å². The molecule has 0 bridgehead atoms. The Morgan fingerprint density at radius 1 is 1.15 bits per heavy atom. The van der Waals surface area contributed by atoms with Gasteiger partial charge in [-0.25, -0.2) is 0 Å². The monoisotopic (exact) mass is 333 g/mol. The highest BCUT2D eigenvalue weighted by Gasteiger charge is 2.12. The molecule has 0 radical (unpaired) electrons. The summed E-state index contributed by atoms with van der Waals surface area (Å²) in [6.07, 6.45) is 0.742. The maximum atomic E-state index is 11.8. The van der Waals surface area contributed by atoms with Gasteiger partial charge in [0.15, 0.2) is 0 Å². The van der Waals surface area contributed by atoms with Crippen LogP contribution in [0.15, 0.2) is 54.6 Å². The second-order valence-corrected chi connectivity index (χ2v) is 5.41. The Morgan fingerprint density at radius 3 is 2.55 bits per heavy atom. The van der Waals surface area contributed by atoms with E-state index in [0.29, 0.717) is 5.75 Å². The van der Waals surface area contributed by atoms with Crippen molar-refractivity contribution < 1.29 is 9.53 Å². The first-order valence-corrected chi connectivity index (χ1v) is 7.38. The molecule has 0 saturated heterocycles. The highest BCUT2D eigenvalue weighted by atomic mass is 79.9. The fourth-order valence-corrected chi connectivity index (χ4v) is 1.78. The highest BCUT2D eigenvalue weighted by Crippen LogP contribution is 2.24. The van der Waals surface area contributed by atoms with Crippen molar-refractivity contribution in [2.45, 2.75) is 18.2 Å². The van der Waals surface area contributed by atoms with Gasteiger partial charge >= 0.3 is 0 Å². The van der Waals surface area contributed by atoms with Crippen molar-refractivity contribution in [3.05, 3.63) is 54.6 Å². The summed E-state index contributed by atoms with van der Waals surface area (Å²) in [6.45, 7) is 1.95. The van der Waals surface area contributed by atoms with Gasteiger partial charge in [0.1, 0.15) is 11.5 Å². The number of alkyl halides is 1. The highest BCUT2D eigenvalue weighted by molar-refractivity contribution is 9.10. The molecule has 4 heteroatoms. The molecule has 2 aromatic carbocycles. The zero-order valence-corrected chi connectivity index (χ0v) is 12.8. The Balaban J connectivity index is 2.06. The number of hydrogen-bond donors (Lipinski definition) is 1. The van der Waals surface area contributed by atoms with Crippen LogP contribution in [0.2, 0.25) is 0 Å². The first kappa shape index (κ1) is 14.6. The molecule has 0 aliphatic carbocycles. The molecule has 20 heavy (non-hydrogen) atoms. The van der Waals surface area contributed by atoms with Crippen molar-refractivity contribution in [3.8, 4) is 11.5 Å². The quantitative estimate of drug-likeness (QED) is 0.812. The van der Waals surface area contributed by atoms with Crippen molar-refractivity contribution in [3.63, 3.8) is 0 Å². The van der Waals surface area contributed by atoms with Gasteiger partial charge in [-0.05, 0) is 30.7 Å². The predicted octanol–water partition coefficient (Wildman–Crippen LogP) is 4.59. The standard InChI is InChI=1S/C16H16BrNO2/c1-2-15(17)16(19)18-12-7-6-10-14(11-12)20-13-8-4-3-5-9-13/h3-11,15H,2H2,1H3,(H,18,19). The van der Waals surface area contributed by atoms with E-state index in [1.54, 1.807) is 6.07 Å². The van der Waals surface area contributed by atoms with Gasteiger partial charge in [0.25, 0.3) is 0 Å². The van der Waals surface area contributed by atoms with Crippen LogP contribution in [0.3, 0.4) is 0 Å². The molecule has 0 aliphatic heterocycles. The van der Waals surface area contributed by atoms with Crippen LogP contribution in [-0.4, -0.2) is 10.7 Å². The van der Waals surface area contributed by atoms with E-state index in [1.807, 2.05) is 55.5 Å². The van der Waals surface area contributed by atoms with E-state index in [9.17, 15) is 4.79 Å². The molecule has 1 amide bonds. The minimum atomic E-state index is -0.179. The number of rotatable bonds is 5. The molecule has 0 spiro atoms. The fourth-order valence-electron chi connectivity index (χ4n) is 1.67. The van der Waals surface area contributed by atoms with Gasteiger partial charge in [-0.2, -0.15) is 0 Å². The number of para-hydroxylation sites is 1. The second kappa shape index (κ2) is 7.10. The van der Waals surface area contributed by atoms with E-state index in [1.165, 1.54) is 0 Å². The van der Waals surface area contributed by atoms with Crippen molar-refractivity contribution in [1.82, 2.24) is 0 Å². The van der Waals surface area contributed by atoms with Gasteiger partial charge in [0.2, 0.25) is 5.91 Å². The smallest absolute Gasteiger partial charge is 0.238 e. The third-order valence-electron chi connectivity index (χ3n) is 2.72. The largest absolute Gasteiger partial charge is 0.457 e. The topological polar surface area (TPSA) is 38.3 Å². The van der Waals surface area contributed by atoms with Crippen LogP contribution in [0.1, 0.15) is 13.3 Å². The number of ether oxygens (including phenoxy) is 1. The summed E-state index contributed by atoms with van der Waals surface area (Å²) in [6, 6.07) is 16.9. The minimum Gasteiger partial charge on any atom is -0.457 e. The van der Waals surface area contributed by atoms with E-state index in [0.717, 1.165) is 17.9 Å². The first-order valence-electron chi connectivity index (χ1n) is 6.47. The zero-order chi connectivity index (χ0) is 14.4. The Labute approximate surface area is 127 Å². The van der Waals surface area contributed by atoms with Crippen LogP contribution < -0.4 is 10.1 Å². The summed E-state index contributed by atoms with van der Waals surface area (Å²) >= 11 is 3.33.